The number of halogens is 2. The first-order chi connectivity index (χ1) is 12.9. The molecule has 1 saturated heterocycles. The summed E-state index contributed by atoms with van der Waals surface area (Å²) in [5.74, 6) is -0.571. The van der Waals surface area contributed by atoms with E-state index in [1.807, 2.05) is 32.0 Å². The molecule has 4 nitrogen and oxygen atoms in total. The number of rotatable bonds is 4. The molecule has 0 aliphatic carbocycles. The maximum atomic E-state index is 13.1. The second kappa shape index (κ2) is 8.31. The summed E-state index contributed by atoms with van der Waals surface area (Å²) in [4.78, 5) is 27.4. The van der Waals surface area contributed by atoms with Crippen molar-refractivity contribution in [3.63, 3.8) is 0 Å². The second-order valence-corrected chi connectivity index (χ2v) is 8.14. The van der Waals surface area contributed by atoms with Crippen LogP contribution in [-0.2, 0) is 9.59 Å². The zero-order valence-electron chi connectivity index (χ0n) is 15.0. The summed E-state index contributed by atoms with van der Waals surface area (Å²) in [5.41, 5.74) is 1.31. The van der Waals surface area contributed by atoms with Crippen LogP contribution in [0.25, 0.3) is 0 Å². The Kier molecular flexibility index (Phi) is 6.07. The van der Waals surface area contributed by atoms with E-state index in [0.717, 1.165) is 5.56 Å². The number of hydrogen-bond acceptors (Lipinski definition) is 3. The monoisotopic (exact) mass is 406 g/mol. The summed E-state index contributed by atoms with van der Waals surface area (Å²) in [5, 5.41) is 3.02. The molecule has 0 saturated carbocycles. The zero-order chi connectivity index (χ0) is 19.6. The number of nitrogens with zero attached hydrogens (tertiary/aromatic N) is 1. The lowest BCUT2D eigenvalue weighted by Crippen LogP contribution is -2.47. The number of anilines is 1. The summed E-state index contributed by atoms with van der Waals surface area (Å²) in [6, 6.07) is 12.3. The van der Waals surface area contributed by atoms with E-state index in [4.69, 9.17) is 11.6 Å². The summed E-state index contributed by atoms with van der Waals surface area (Å²) in [7, 11) is 0. The number of carbonyl (C=O) groups is 2. The summed E-state index contributed by atoms with van der Waals surface area (Å²) in [6.45, 7) is 3.62. The van der Waals surface area contributed by atoms with Crippen LogP contribution in [0.4, 0.5) is 10.1 Å². The Morgan fingerprint density at radius 2 is 1.85 bits per heavy atom. The number of hydrogen-bond donors (Lipinski definition) is 1. The Balaban J connectivity index is 1.87. The van der Waals surface area contributed by atoms with Gasteiger partial charge in [-0.25, -0.2) is 4.39 Å². The Hall–Kier alpha value is -2.05. The van der Waals surface area contributed by atoms with Crippen molar-refractivity contribution in [2.24, 2.45) is 5.92 Å². The summed E-state index contributed by atoms with van der Waals surface area (Å²) in [6.07, 6.45) is 0. The largest absolute Gasteiger partial charge is 0.324 e. The average Bonchev–Trinajstić information content (AvgIpc) is 3.08. The molecule has 0 bridgehead atoms. The molecule has 2 aromatic carbocycles. The Morgan fingerprint density at radius 1 is 1.19 bits per heavy atom. The molecule has 0 aromatic heterocycles. The Bertz CT molecular complexity index is 844. The van der Waals surface area contributed by atoms with E-state index in [-0.39, 0.29) is 28.9 Å². The van der Waals surface area contributed by atoms with Gasteiger partial charge in [-0.15, -0.1) is 11.8 Å². The number of nitrogens with one attached hydrogen (secondary N) is 1. The highest BCUT2D eigenvalue weighted by molar-refractivity contribution is 7.99. The SMILES string of the molecule is CC(C)C(=O)N1[C@@H](c2ccccc2Cl)SC[C@H]1C(=O)Nc1ccc(F)cc1. The molecule has 1 aliphatic rings. The van der Waals surface area contributed by atoms with E-state index in [1.54, 1.807) is 11.0 Å². The van der Waals surface area contributed by atoms with Crippen molar-refractivity contribution in [2.45, 2.75) is 25.3 Å². The van der Waals surface area contributed by atoms with Crippen LogP contribution in [0, 0.1) is 11.7 Å². The van der Waals surface area contributed by atoms with Gasteiger partial charge in [-0.05, 0) is 30.3 Å². The van der Waals surface area contributed by atoms with Crippen LogP contribution in [0.1, 0.15) is 24.8 Å². The van der Waals surface area contributed by atoms with Gasteiger partial charge < -0.3 is 10.2 Å². The van der Waals surface area contributed by atoms with Crippen molar-refractivity contribution in [1.29, 1.82) is 0 Å². The molecule has 7 heteroatoms. The van der Waals surface area contributed by atoms with Crippen molar-refractivity contribution in [1.82, 2.24) is 4.90 Å². The van der Waals surface area contributed by atoms with Crippen LogP contribution in [0.3, 0.4) is 0 Å². The first-order valence-corrected chi connectivity index (χ1v) is 10.1. The number of benzene rings is 2. The van der Waals surface area contributed by atoms with Gasteiger partial charge in [-0.3, -0.25) is 9.59 Å². The van der Waals surface area contributed by atoms with Gasteiger partial charge in [0.05, 0.1) is 0 Å². The number of carbonyl (C=O) groups excluding carboxylic acids is 2. The molecule has 2 amide bonds. The molecule has 1 N–H and O–H groups in total. The molecule has 0 unspecified atom stereocenters. The van der Waals surface area contributed by atoms with Crippen molar-refractivity contribution in [3.8, 4) is 0 Å². The smallest absolute Gasteiger partial charge is 0.248 e. The van der Waals surface area contributed by atoms with Crippen LogP contribution in [0.5, 0.6) is 0 Å². The third-order valence-electron chi connectivity index (χ3n) is 4.33. The van der Waals surface area contributed by atoms with Gasteiger partial charge in [-0.2, -0.15) is 0 Å². The highest BCUT2D eigenvalue weighted by atomic mass is 35.5. The van der Waals surface area contributed by atoms with Gasteiger partial charge in [0.1, 0.15) is 17.2 Å². The molecule has 1 fully saturated rings. The molecule has 2 aromatic rings. The molecule has 0 radical (unpaired) electrons. The van der Waals surface area contributed by atoms with Crippen LogP contribution < -0.4 is 5.32 Å². The van der Waals surface area contributed by atoms with Gasteiger partial charge in [0.15, 0.2) is 0 Å². The van der Waals surface area contributed by atoms with Gasteiger partial charge in [0, 0.05) is 27.9 Å². The van der Waals surface area contributed by atoms with E-state index in [2.05, 4.69) is 5.32 Å². The minimum absolute atomic E-state index is 0.107. The third-order valence-corrected chi connectivity index (χ3v) is 5.98. The first kappa shape index (κ1) is 19.7. The lowest BCUT2D eigenvalue weighted by Gasteiger charge is -2.31. The Labute approximate surface area is 167 Å². The fourth-order valence-corrected chi connectivity index (χ4v) is 4.73. The highest BCUT2D eigenvalue weighted by Crippen LogP contribution is 2.44. The van der Waals surface area contributed by atoms with Crippen molar-refractivity contribution >= 4 is 40.9 Å². The van der Waals surface area contributed by atoms with Crippen molar-refractivity contribution in [3.05, 3.63) is 64.9 Å². The normalized spacial score (nSPS) is 19.4. The van der Waals surface area contributed by atoms with Gasteiger partial charge >= 0.3 is 0 Å². The molecule has 142 valence electrons. The number of amides is 2. The molecule has 27 heavy (non-hydrogen) atoms. The summed E-state index contributed by atoms with van der Waals surface area (Å²) >= 11 is 7.85. The quantitative estimate of drug-likeness (QED) is 0.799. The molecular weight excluding hydrogens is 387 g/mol. The van der Waals surface area contributed by atoms with Crippen molar-refractivity contribution < 1.29 is 14.0 Å². The predicted octanol–water partition coefficient (Wildman–Crippen LogP) is 4.72. The van der Waals surface area contributed by atoms with E-state index >= 15 is 0 Å². The second-order valence-electron chi connectivity index (χ2n) is 6.62. The van der Waals surface area contributed by atoms with E-state index in [0.29, 0.717) is 16.5 Å². The highest BCUT2D eigenvalue weighted by Gasteiger charge is 2.43. The van der Waals surface area contributed by atoms with E-state index < -0.39 is 6.04 Å². The molecule has 1 aliphatic heterocycles. The molecule has 1 heterocycles. The standard InChI is InChI=1S/C20H20ClFN2O2S/c1-12(2)19(26)24-17(18(25)23-14-9-7-13(22)8-10-14)11-27-20(24)15-5-3-4-6-16(15)21/h3-10,12,17,20H,11H2,1-2H3,(H,23,25)/t17-,20+/m0/s1. The summed E-state index contributed by atoms with van der Waals surface area (Å²) < 4.78 is 13.1. The van der Waals surface area contributed by atoms with Gasteiger partial charge in [-0.1, -0.05) is 43.6 Å². The van der Waals surface area contributed by atoms with Crippen LogP contribution >= 0.6 is 23.4 Å². The predicted molar refractivity (Wildman–Crippen MR) is 107 cm³/mol. The lowest BCUT2D eigenvalue weighted by atomic mass is 10.1. The fourth-order valence-electron chi connectivity index (χ4n) is 2.95. The van der Waals surface area contributed by atoms with Gasteiger partial charge in [0.25, 0.3) is 0 Å². The topological polar surface area (TPSA) is 49.4 Å². The minimum Gasteiger partial charge on any atom is -0.324 e. The lowest BCUT2D eigenvalue weighted by molar-refractivity contribution is -0.140. The average molecular weight is 407 g/mol. The molecule has 0 spiro atoms. The van der Waals surface area contributed by atoms with E-state index in [1.165, 1.54) is 36.0 Å². The molecule has 3 rings (SSSR count). The van der Waals surface area contributed by atoms with Crippen molar-refractivity contribution in [2.75, 3.05) is 11.1 Å². The van der Waals surface area contributed by atoms with Crippen LogP contribution in [-0.4, -0.2) is 28.5 Å². The molecule has 2 atom stereocenters. The maximum absolute atomic E-state index is 13.1. The first-order valence-electron chi connectivity index (χ1n) is 8.63. The number of thioether (sulfide) groups is 1. The molecular formula is C20H20ClFN2O2S. The Morgan fingerprint density at radius 3 is 2.48 bits per heavy atom. The van der Waals surface area contributed by atoms with Gasteiger partial charge in [0.2, 0.25) is 11.8 Å². The fraction of sp³-hybridized carbons (Fsp3) is 0.300. The van der Waals surface area contributed by atoms with E-state index in [9.17, 15) is 14.0 Å². The van der Waals surface area contributed by atoms with Crippen LogP contribution in [0.15, 0.2) is 48.5 Å². The minimum atomic E-state index is -0.628. The maximum Gasteiger partial charge on any atom is 0.248 e. The third kappa shape index (κ3) is 4.28. The van der Waals surface area contributed by atoms with Crippen LogP contribution in [0.2, 0.25) is 5.02 Å². The zero-order valence-corrected chi connectivity index (χ0v) is 16.6.